The molecule has 0 aromatic heterocycles. The van der Waals surface area contributed by atoms with Crippen molar-refractivity contribution in [1.29, 1.82) is 0 Å². The first-order valence-electron chi connectivity index (χ1n) is 12.7. The molecule has 10 heteroatoms. The zero-order valence-corrected chi connectivity index (χ0v) is 21.1. The molecule has 1 aromatic carbocycles. The summed E-state index contributed by atoms with van der Waals surface area (Å²) in [6.07, 6.45) is 2.16. The van der Waals surface area contributed by atoms with E-state index in [2.05, 4.69) is 10.2 Å². The van der Waals surface area contributed by atoms with Crippen LogP contribution in [-0.4, -0.2) is 88.5 Å². The summed E-state index contributed by atoms with van der Waals surface area (Å²) < 4.78 is 11.8. The molecule has 0 bridgehead atoms. The normalized spacial score (nSPS) is 26.9. The summed E-state index contributed by atoms with van der Waals surface area (Å²) in [7, 11) is 0. The van der Waals surface area contributed by atoms with Gasteiger partial charge in [0, 0.05) is 62.6 Å². The van der Waals surface area contributed by atoms with Gasteiger partial charge in [0.15, 0.2) is 0 Å². The van der Waals surface area contributed by atoms with E-state index in [1.807, 2.05) is 32.9 Å². The van der Waals surface area contributed by atoms with Gasteiger partial charge < -0.3 is 19.3 Å². The molecule has 10 nitrogen and oxygen atoms in total. The monoisotopic (exact) mass is 498 g/mol. The molecule has 3 heterocycles. The van der Waals surface area contributed by atoms with Crippen molar-refractivity contribution in [1.82, 2.24) is 20.0 Å². The quantitative estimate of drug-likeness (QED) is 0.632. The highest BCUT2D eigenvalue weighted by molar-refractivity contribution is 6.05. The van der Waals surface area contributed by atoms with E-state index in [-0.39, 0.29) is 30.4 Å². The maximum atomic E-state index is 13.0. The van der Waals surface area contributed by atoms with Crippen LogP contribution in [0.25, 0.3) is 0 Å². The van der Waals surface area contributed by atoms with Crippen LogP contribution in [0.3, 0.4) is 0 Å². The fourth-order valence-corrected chi connectivity index (χ4v) is 5.38. The summed E-state index contributed by atoms with van der Waals surface area (Å²) in [5.41, 5.74) is 0.876. The minimum atomic E-state index is -0.636. The number of hydrogen-bond acceptors (Lipinski definition) is 7. The Kier molecular flexibility index (Phi) is 6.40. The predicted molar refractivity (Wildman–Crippen MR) is 129 cm³/mol. The fraction of sp³-hybridized carbons (Fsp3) is 0.615. The Balaban J connectivity index is 1.14. The lowest BCUT2D eigenvalue weighted by atomic mass is 9.87. The van der Waals surface area contributed by atoms with Gasteiger partial charge in [-0.1, -0.05) is 6.07 Å². The Morgan fingerprint density at radius 2 is 1.78 bits per heavy atom. The fourth-order valence-electron chi connectivity index (χ4n) is 5.38. The van der Waals surface area contributed by atoms with Crippen LogP contribution in [0.15, 0.2) is 18.2 Å². The van der Waals surface area contributed by atoms with E-state index in [9.17, 15) is 19.2 Å². The molecule has 1 saturated carbocycles. The standard InChI is InChI=1S/C26H34N4O6/c1-26(2,3)36-25(34)29-11-9-28(10-12-29)16-13-17(14-16)35-21-6-4-5-18-19(21)15-30(24(18)33)20-7-8-22(31)27-23(20)32/h4-6,16-17,20H,7-15H2,1-3H3,(H,27,31,32)/t16-,17+,20?. The molecular formula is C26H34N4O6. The summed E-state index contributed by atoms with van der Waals surface area (Å²) in [5.74, 6) is -0.216. The number of fused-ring (bicyclic) bond motifs is 1. The number of rotatable bonds is 4. The molecule has 194 valence electrons. The van der Waals surface area contributed by atoms with E-state index in [1.54, 1.807) is 15.9 Å². The van der Waals surface area contributed by atoms with Gasteiger partial charge in [0.25, 0.3) is 5.91 Å². The average Bonchev–Trinajstić information content (AvgIpc) is 3.12. The molecule has 1 atom stereocenters. The summed E-state index contributed by atoms with van der Waals surface area (Å²) in [6.45, 7) is 8.86. The third-order valence-electron chi connectivity index (χ3n) is 7.39. The van der Waals surface area contributed by atoms with Crippen molar-refractivity contribution >= 4 is 23.8 Å². The molecule has 1 aliphatic carbocycles. The number of piperazine rings is 1. The van der Waals surface area contributed by atoms with E-state index < -0.39 is 17.6 Å². The number of nitrogens with zero attached hydrogens (tertiary/aromatic N) is 3. The second kappa shape index (κ2) is 9.38. The van der Waals surface area contributed by atoms with E-state index in [0.29, 0.717) is 43.4 Å². The summed E-state index contributed by atoms with van der Waals surface area (Å²) in [5, 5.41) is 2.34. The molecule has 1 N–H and O–H groups in total. The minimum absolute atomic E-state index is 0.0603. The molecule has 3 fully saturated rings. The number of nitrogens with one attached hydrogen (secondary N) is 1. The zero-order valence-electron chi connectivity index (χ0n) is 21.1. The minimum Gasteiger partial charge on any atom is -0.490 e. The number of amides is 4. The van der Waals surface area contributed by atoms with Gasteiger partial charge in [-0.25, -0.2) is 4.79 Å². The maximum absolute atomic E-state index is 13.0. The Morgan fingerprint density at radius 3 is 2.44 bits per heavy atom. The van der Waals surface area contributed by atoms with Crippen LogP contribution in [0.2, 0.25) is 0 Å². The maximum Gasteiger partial charge on any atom is 0.410 e. The molecule has 5 rings (SSSR count). The van der Waals surface area contributed by atoms with Crippen LogP contribution in [0, 0.1) is 0 Å². The summed E-state index contributed by atoms with van der Waals surface area (Å²) >= 11 is 0. The van der Waals surface area contributed by atoms with E-state index in [1.165, 1.54) is 0 Å². The third-order valence-corrected chi connectivity index (χ3v) is 7.39. The van der Waals surface area contributed by atoms with Crippen LogP contribution in [0.1, 0.15) is 62.4 Å². The van der Waals surface area contributed by atoms with Crippen molar-refractivity contribution in [2.45, 2.75) is 76.8 Å². The van der Waals surface area contributed by atoms with E-state index in [0.717, 1.165) is 31.5 Å². The predicted octanol–water partition coefficient (Wildman–Crippen LogP) is 1.91. The molecular weight excluding hydrogens is 464 g/mol. The zero-order chi connectivity index (χ0) is 25.6. The van der Waals surface area contributed by atoms with Gasteiger partial charge in [-0.3, -0.25) is 24.6 Å². The molecule has 1 aromatic rings. The van der Waals surface area contributed by atoms with Crippen molar-refractivity contribution in [2.75, 3.05) is 26.2 Å². The van der Waals surface area contributed by atoms with Crippen molar-refractivity contribution in [3.63, 3.8) is 0 Å². The molecule has 4 amide bonds. The van der Waals surface area contributed by atoms with E-state index in [4.69, 9.17) is 9.47 Å². The lowest BCUT2D eigenvalue weighted by Gasteiger charge is -2.46. The highest BCUT2D eigenvalue weighted by Gasteiger charge is 2.42. The number of imide groups is 1. The van der Waals surface area contributed by atoms with Crippen molar-refractivity contribution in [3.8, 4) is 5.75 Å². The topological polar surface area (TPSA) is 108 Å². The average molecular weight is 499 g/mol. The second-order valence-electron chi connectivity index (χ2n) is 11.1. The van der Waals surface area contributed by atoms with Crippen LogP contribution in [0.5, 0.6) is 5.75 Å². The highest BCUT2D eigenvalue weighted by atomic mass is 16.6. The Morgan fingerprint density at radius 1 is 1.06 bits per heavy atom. The number of carbonyl (C=O) groups excluding carboxylic acids is 4. The Bertz CT molecular complexity index is 1070. The Labute approximate surface area is 210 Å². The smallest absolute Gasteiger partial charge is 0.410 e. The van der Waals surface area contributed by atoms with Gasteiger partial charge in [0.05, 0.1) is 6.54 Å². The molecule has 3 aliphatic heterocycles. The SMILES string of the molecule is CC(C)(C)OC(=O)N1CCN([C@H]2C[C@@H](Oc3cccc4c3CN(C3CCC(=O)NC3=O)C4=O)C2)CC1. The highest BCUT2D eigenvalue weighted by Crippen LogP contribution is 2.37. The van der Waals surface area contributed by atoms with Gasteiger partial charge in [-0.05, 0) is 39.3 Å². The second-order valence-corrected chi connectivity index (χ2v) is 11.1. The molecule has 36 heavy (non-hydrogen) atoms. The molecule has 2 saturated heterocycles. The molecule has 4 aliphatic rings. The van der Waals surface area contributed by atoms with Gasteiger partial charge in [-0.15, -0.1) is 0 Å². The molecule has 0 spiro atoms. The largest absolute Gasteiger partial charge is 0.490 e. The van der Waals surface area contributed by atoms with Crippen molar-refractivity contribution in [3.05, 3.63) is 29.3 Å². The van der Waals surface area contributed by atoms with Crippen LogP contribution < -0.4 is 10.1 Å². The Hall–Kier alpha value is -3.14. The first kappa shape index (κ1) is 24.5. The van der Waals surface area contributed by atoms with Crippen molar-refractivity contribution < 1.29 is 28.7 Å². The van der Waals surface area contributed by atoms with Crippen molar-refractivity contribution in [2.24, 2.45) is 0 Å². The number of ether oxygens (including phenoxy) is 2. The number of hydrogen-bond donors (Lipinski definition) is 1. The lowest BCUT2D eigenvalue weighted by molar-refractivity contribution is -0.136. The first-order valence-corrected chi connectivity index (χ1v) is 12.7. The number of carbonyl (C=O) groups is 4. The van der Waals surface area contributed by atoms with Gasteiger partial charge >= 0.3 is 6.09 Å². The van der Waals surface area contributed by atoms with Gasteiger partial charge in [0.1, 0.15) is 23.5 Å². The van der Waals surface area contributed by atoms with Gasteiger partial charge in [-0.2, -0.15) is 0 Å². The lowest BCUT2D eigenvalue weighted by Crippen LogP contribution is -2.57. The van der Waals surface area contributed by atoms with Crippen LogP contribution in [-0.2, 0) is 20.9 Å². The molecule has 0 radical (unpaired) electrons. The van der Waals surface area contributed by atoms with Crippen LogP contribution in [0.4, 0.5) is 4.79 Å². The number of benzene rings is 1. The molecule has 1 unspecified atom stereocenters. The number of piperidine rings is 1. The summed E-state index contributed by atoms with van der Waals surface area (Å²) in [6, 6.07) is 5.24. The third kappa shape index (κ3) is 4.91. The van der Waals surface area contributed by atoms with Crippen LogP contribution >= 0.6 is 0 Å². The first-order chi connectivity index (χ1) is 17.1. The van der Waals surface area contributed by atoms with E-state index >= 15 is 0 Å². The van der Waals surface area contributed by atoms with Gasteiger partial charge in [0.2, 0.25) is 11.8 Å². The summed E-state index contributed by atoms with van der Waals surface area (Å²) in [4.78, 5) is 54.9.